The first-order valence-corrected chi connectivity index (χ1v) is 10.0. The smallest absolute Gasteiger partial charge is 0.142 e. The maximum absolute atomic E-state index is 5.52. The molecule has 1 saturated heterocycles. The summed E-state index contributed by atoms with van der Waals surface area (Å²) in [4.78, 5) is 13.6. The summed E-state index contributed by atoms with van der Waals surface area (Å²) in [6.07, 6.45) is 1.64. The lowest BCUT2D eigenvalue weighted by Crippen LogP contribution is -2.47. The van der Waals surface area contributed by atoms with Gasteiger partial charge in [-0.25, -0.2) is 9.97 Å². The minimum atomic E-state index is 0.182. The summed E-state index contributed by atoms with van der Waals surface area (Å²) in [5.41, 5.74) is 2.38. The number of nitrogens with one attached hydrogen (secondary N) is 1. The van der Waals surface area contributed by atoms with E-state index >= 15 is 0 Å². The van der Waals surface area contributed by atoms with Gasteiger partial charge in [0.05, 0.1) is 12.8 Å². The van der Waals surface area contributed by atoms with Crippen molar-refractivity contribution < 1.29 is 4.74 Å². The van der Waals surface area contributed by atoms with E-state index in [9.17, 15) is 0 Å². The zero-order valence-electron chi connectivity index (χ0n) is 17.0. The van der Waals surface area contributed by atoms with Crippen LogP contribution in [0.2, 0.25) is 0 Å². The summed E-state index contributed by atoms with van der Waals surface area (Å²) < 4.78 is 5.52. The molecule has 1 fully saturated rings. The van der Waals surface area contributed by atoms with Crippen molar-refractivity contribution >= 4 is 17.3 Å². The van der Waals surface area contributed by atoms with Gasteiger partial charge in [0, 0.05) is 38.3 Å². The van der Waals surface area contributed by atoms with E-state index in [2.05, 4.69) is 68.4 Å². The third-order valence-corrected chi connectivity index (χ3v) is 5.35. The highest BCUT2D eigenvalue weighted by atomic mass is 16.5. The van der Waals surface area contributed by atoms with Gasteiger partial charge in [-0.3, -0.25) is 0 Å². The summed E-state index contributed by atoms with van der Waals surface area (Å²) in [7, 11) is 1.72. The van der Waals surface area contributed by atoms with Crippen LogP contribution in [0, 0.1) is 0 Å². The molecule has 3 aromatic rings. The van der Waals surface area contributed by atoms with Gasteiger partial charge in [0.15, 0.2) is 0 Å². The Hall–Kier alpha value is -3.28. The van der Waals surface area contributed by atoms with E-state index in [4.69, 9.17) is 4.74 Å². The molecular formula is C23H27N5O. The van der Waals surface area contributed by atoms with Crippen LogP contribution in [0.1, 0.15) is 18.5 Å². The lowest BCUT2D eigenvalue weighted by molar-refractivity contribution is 0.413. The zero-order chi connectivity index (χ0) is 20.1. The van der Waals surface area contributed by atoms with E-state index in [1.165, 1.54) is 5.56 Å². The molecule has 0 radical (unpaired) electrons. The molecule has 1 N–H and O–H groups in total. The molecule has 2 heterocycles. The molecule has 4 rings (SSSR count). The van der Waals surface area contributed by atoms with Crippen molar-refractivity contribution in [3.05, 3.63) is 72.6 Å². The van der Waals surface area contributed by atoms with Crippen LogP contribution in [0.5, 0.6) is 5.75 Å². The van der Waals surface area contributed by atoms with E-state index in [-0.39, 0.29) is 6.04 Å². The Kier molecular flexibility index (Phi) is 5.79. The van der Waals surface area contributed by atoms with Gasteiger partial charge >= 0.3 is 0 Å². The number of aromatic nitrogens is 2. The third kappa shape index (κ3) is 4.42. The minimum absolute atomic E-state index is 0.182. The van der Waals surface area contributed by atoms with Crippen LogP contribution in [0.4, 0.5) is 17.3 Å². The SMILES string of the molecule is COc1ccccc1N1CCN(c2cc(NC(C)c3ccccc3)ncn2)CC1. The Bertz CT molecular complexity index is 925. The average molecular weight is 390 g/mol. The van der Waals surface area contributed by atoms with Crippen LogP contribution in [-0.2, 0) is 0 Å². The number of para-hydroxylation sites is 2. The van der Waals surface area contributed by atoms with E-state index in [0.29, 0.717) is 0 Å². The highest BCUT2D eigenvalue weighted by Crippen LogP contribution is 2.29. The Morgan fingerprint density at radius 2 is 1.59 bits per heavy atom. The fourth-order valence-corrected chi connectivity index (χ4v) is 3.71. The second kappa shape index (κ2) is 8.82. The largest absolute Gasteiger partial charge is 0.495 e. The van der Waals surface area contributed by atoms with Crippen LogP contribution in [0.25, 0.3) is 0 Å². The molecule has 0 bridgehead atoms. The first-order chi connectivity index (χ1) is 14.2. The second-order valence-corrected chi connectivity index (χ2v) is 7.18. The van der Waals surface area contributed by atoms with Gasteiger partial charge in [0.2, 0.25) is 0 Å². The minimum Gasteiger partial charge on any atom is -0.495 e. The number of nitrogens with zero attached hydrogens (tertiary/aromatic N) is 4. The van der Waals surface area contributed by atoms with Gasteiger partial charge in [-0.2, -0.15) is 0 Å². The van der Waals surface area contributed by atoms with Crippen molar-refractivity contribution in [1.82, 2.24) is 9.97 Å². The van der Waals surface area contributed by atoms with Crippen LogP contribution < -0.4 is 19.9 Å². The number of benzene rings is 2. The molecular weight excluding hydrogens is 362 g/mol. The zero-order valence-corrected chi connectivity index (χ0v) is 17.0. The molecule has 2 aromatic carbocycles. The van der Waals surface area contributed by atoms with E-state index in [1.54, 1.807) is 13.4 Å². The molecule has 6 nitrogen and oxygen atoms in total. The number of anilines is 3. The third-order valence-electron chi connectivity index (χ3n) is 5.35. The number of hydrogen-bond acceptors (Lipinski definition) is 6. The van der Waals surface area contributed by atoms with Crippen molar-refractivity contribution in [3.8, 4) is 5.75 Å². The normalized spacial score (nSPS) is 15.1. The molecule has 6 heteroatoms. The highest BCUT2D eigenvalue weighted by Gasteiger charge is 2.21. The summed E-state index contributed by atoms with van der Waals surface area (Å²) in [5.74, 6) is 2.73. The lowest BCUT2D eigenvalue weighted by atomic mass is 10.1. The summed E-state index contributed by atoms with van der Waals surface area (Å²) in [6, 6.07) is 20.8. The Morgan fingerprint density at radius 3 is 2.34 bits per heavy atom. The molecule has 29 heavy (non-hydrogen) atoms. The molecule has 0 saturated carbocycles. The Labute approximate surface area is 172 Å². The Morgan fingerprint density at radius 1 is 0.897 bits per heavy atom. The van der Waals surface area contributed by atoms with Gasteiger partial charge in [-0.1, -0.05) is 42.5 Å². The summed E-state index contributed by atoms with van der Waals surface area (Å²) in [6.45, 7) is 5.80. The standard InChI is InChI=1S/C23H27N5O/c1-18(19-8-4-3-5-9-19)26-22-16-23(25-17-24-22)28-14-12-27(13-15-28)20-10-6-7-11-21(20)29-2/h3-11,16-18H,12-15H2,1-2H3,(H,24,25,26). The van der Waals surface area contributed by atoms with E-state index in [1.807, 2.05) is 24.3 Å². The average Bonchev–Trinajstić information content (AvgIpc) is 2.80. The quantitative estimate of drug-likeness (QED) is 0.688. The molecule has 150 valence electrons. The van der Waals surface area contributed by atoms with Crippen LogP contribution in [0.3, 0.4) is 0 Å². The number of hydrogen-bond donors (Lipinski definition) is 1. The number of methoxy groups -OCH3 is 1. The maximum Gasteiger partial charge on any atom is 0.142 e. The number of piperazine rings is 1. The molecule has 1 aromatic heterocycles. The lowest BCUT2D eigenvalue weighted by Gasteiger charge is -2.37. The molecule has 0 amide bonds. The van der Waals surface area contributed by atoms with Gasteiger partial charge in [-0.15, -0.1) is 0 Å². The fraction of sp³-hybridized carbons (Fsp3) is 0.304. The number of ether oxygens (including phenoxy) is 1. The van der Waals surface area contributed by atoms with Gasteiger partial charge in [0.1, 0.15) is 23.7 Å². The van der Waals surface area contributed by atoms with Crippen LogP contribution in [-0.4, -0.2) is 43.3 Å². The van der Waals surface area contributed by atoms with Gasteiger partial charge < -0.3 is 19.9 Å². The van der Waals surface area contributed by atoms with Crippen molar-refractivity contribution in [1.29, 1.82) is 0 Å². The molecule has 1 atom stereocenters. The van der Waals surface area contributed by atoms with E-state index in [0.717, 1.165) is 49.3 Å². The summed E-state index contributed by atoms with van der Waals surface area (Å²) >= 11 is 0. The van der Waals surface area contributed by atoms with E-state index < -0.39 is 0 Å². The first kappa shape index (κ1) is 19.1. The highest BCUT2D eigenvalue weighted by molar-refractivity contribution is 5.60. The summed E-state index contributed by atoms with van der Waals surface area (Å²) in [5, 5.41) is 3.48. The van der Waals surface area contributed by atoms with Crippen molar-refractivity contribution in [3.63, 3.8) is 0 Å². The maximum atomic E-state index is 5.52. The van der Waals surface area contributed by atoms with Crippen molar-refractivity contribution in [2.24, 2.45) is 0 Å². The first-order valence-electron chi connectivity index (χ1n) is 10.0. The second-order valence-electron chi connectivity index (χ2n) is 7.18. The van der Waals surface area contributed by atoms with Crippen molar-refractivity contribution in [2.75, 3.05) is 48.4 Å². The predicted molar refractivity (Wildman–Crippen MR) is 118 cm³/mol. The van der Waals surface area contributed by atoms with Crippen molar-refractivity contribution in [2.45, 2.75) is 13.0 Å². The Balaban J connectivity index is 1.41. The van der Waals surface area contributed by atoms with Gasteiger partial charge in [-0.05, 0) is 24.6 Å². The van der Waals surface area contributed by atoms with Gasteiger partial charge in [0.25, 0.3) is 0 Å². The molecule has 1 aliphatic rings. The molecule has 0 spiro atoms. The topological polar surface area (TPSA) is 53.5 Å². The number of rotatable bonds is 6. The predicted octanol–water partition coefficient (Wildman–Crippen LogP) is 3.98. The molecule has 1 unspecified atom stereocenters. The molecule has 1 aliphatic heterocycles. The van der Waals surface area contributed by atoms with Crippen LogP contribution >= 0.6 is 0 Å². The monoisotopic (exact) mass is 389 g/mol. The molecule has 0 aliphatic carbocycles. The fourth-order valence-electron chi connectivity index (χ4n) is 3.71. The van der Waals surface area contributed by atoms with Crippen LogP contribution in [0.15, 0.2) is 67.0 Å².